The lowest BCUT2D eigenvalue weighted by Crippen LogP contribution is -2.60. The molecule has 1 unspecified atom stereocenters. The van der Waals surface area contributed by atoms with Crippen molar-refractivity contribution in [2.45, 2.75) is 103 Å². The molecule has 5 atom stereocenters. The van der Waals surface area contributed by atoms with Crippen LogP contribution in [0.15, 0.2) is 17.1 Å². The lowest BCUT2D eigenvalue weighted by atomic mass is 9.68. The largest absolute Gasteiger partial charge is 0.481 e. The van der Waals surface area contributed by atoms with Gasteiger partial charge in [0.2, 0.25) is 11.8 Å². The molecule has 1 saturated heterocycles. The van der Waals surface area contributed by atoms with Crippen LogP contribution in [0.3, 0.4) is 0 Å². The Morgan fingerprint density at radius 3 is 2.47 bits per heavy atom. The number of amides is 2. The highest BCUT2D eigenvalue weighted by molar-refractivity contribution is 5.96. The van der Waals surface area contributed by atoms with Crippen molar-refractivity contribution >= 4 is 24.0 Å². The monoisotopic (exact) mass is 474 g/mol. The van der Waals surface area contributed by atoms with E-state index >= 15 is 0 Å². The van der Waals surface area contributed by atoms with Crippen molar-refractivity contribution in [3.63, 3.8) is 0 Å². The molecule has 2 amide bonds. The number of nitrogens with zero attached hydrogens (tertiary/aromatic N) is 3. The second-order valence-electron chi connectivity index (χ2n) is 11.8. The minimum Gasteiger partial charge on any atom is -0.481 e. The van der Waals surface area contributed by atoms with Crippen LogP contribution in [0.5, 0.6) is 0 Å². The van der Waals surface area contributed by atoms with Crippen molar-refractivity contribution in [3.05, 3.63) is 12.2 Å². The molecule has 190 valence electrons. The fourth-order valence-electron chi connectivity index (χ4n) is 5.83. The maximum atomic E-state index is 13.5. The van der Waals surface area contributed by atoms with Gasteiger partial charge in [-0.25, -0.2) is 0 Å². The van der Waals surface area contributed by atoms with E-state index in [2.05, 4.69) is 29.1 Å². The Morgan fingerprint density at radius 2 is 1.94 bits per heavy atom. The van der Waals surface area contributed by atoms with Gasteiger partial charge in [-0.15, -0.1) is 0 Å². The number of carbonyl (C=O) groups excluding carboxylic acids is 2. The Balaban J connectivity index is 1.77. The lowest BCUT2D eigenvalue weighted by molar-refractivity contribution is -0.159. The Labute approximate surface area is 203 Å². The number of carbonyl (C=O) groups is 3. The van der Waals surface area contributed by atoms with Gasteiger partial charge in [0.15, 0.2) is 0 Å². The summed E-state index contributed by atoms with van der Waals surface area (Å²) in [7, 11) is 2.04. The van der Waals surface area contributed by atoms with E-state index < -0.39 is 28.4 Å². The number of hydrogen-bond acceptors (Lipinski definition) is 5. The van der Waals surface area contributed by atoms with Crippen molar-refractivity contribution in [2.75, 3.05) is 13.6 Å². The topological polar surface area (TPSA) is 102 Å². The minimum atomic E-state index is -1.04. The highest BCUT2D eigenvalue weighted by Gasteiger charge is 2.54. The second kappa shape index (κ2) is 9.44. The average Bonchev–Trinajstić information content (AvgIpc) is 3.12. The van der Waals surface area contributed by atoms with Crippen LogP contribution in [0.4, 0.5) is 0 Å². The molecule has 34 heavy (non-hydrogen) atoms. The number of carboxylic acids is 1. The number of aliphatic carboxylic acids is 1. The number of likely N-dealkylation sites (tertiary alicyclic amines) is 1. The van der Waals surface area contributed by atoms with Crippen molar-refractivity contribution in [1.82, 2.24) is 15.1 Å². The van der Waals surface area contributed by atoms with Crippen LogP contribution >= 0.6 is 0 Å². The molecule has 1 aliphatic carbocycles. The normalized spacial score (nSPS) is 34.2. The van der Waals surface area contributed by atoms with E-state index in [9.17, 15) is 19.5 Å². The van der Waals surface area contributed by atoms with Crippen molar-refractivity contribution in [2.24, 2.45) is 15.8 Å². The maximum absolute atomic E-state index is 13.5. The van der Waals surface area contributed by atoms with E-state index in [-0.39, 0.29) is 23.9 Å². The van der Waals surface area contributed by atoms with E-state index in [0.29, 0.717) is 38.3 Å². The van der Waals surface area contributed by atoms with Gasteiger partial charge in [0.1, 0.15) is 11.6 Å². The standard InChI is InChI=1S/C26H42N4O4/c1-17(2)29(7)18-10-11-20(25(6,16-18)23(33)34)30-15-12-19(21(30)31)28-22(32)26(24(3,4)5)13-8-9-14-27-26/h8-9,14,17-20H,10-13,15-16H2,1-7H3,(H,28,32)(H,33,34)/t18-,19+,20+,25-,26?/m1/s1. The molecule has 2 heterocycles. The minimum absolute atomic E-state index is 0.161. The van der Waals surface area contributed by atoms with Gasteiger partial charge in [-0.05, 0) is 65.0 Å². The molecule has 0 aromatic carbocycles. The summed E-state index contributed by atoms with van der Waals surface area (Å²) in [5.74, 6) is -1.29. The summed E-state index contributed by atoms with van der Waals surface area (Å²) in [5, 5.41) is 13.2. The van der Waals surface area contributed by atoms with E-state index in [4.69, 9.17) is 0 Å². The number of allylic oxidation sites excluding steroid dienone is 1. The molecule has 3 rings (SSSR count). The van der Waals surface area contributed by atoms with Crippen molar-refractivity contribution in [3.8, 4) is 0 Å². The van der Waals surface area contributed by atoms with Gasteiger partial charge < -0.3 is 20.2 Å². The summed E-state index contributed by atoms with van der Waals surface area (Å²) in [4.78, 5) is 47.9. The van der Waals surface area contributed by atoms with E-state index in [0.717, 1.165) is 6.42 Å². The maximum Gasteiger partial charge on any atom is 0.311 e. The van der Waals surface area contributed by atoms with Crippen LogP contribution in [0, 0.1) is 10.8 Å². The molecule has 0 bridgehead atoms. The molecule has 0 radical (unpaired) electrons. The molecule has 2 fully saturated rings. The average molecular weight is 475 g/mol. The van der Waals surface area contributed by atoms with E-state index in [1.165, 1.54) is 0 Å². The Morgan fingerprint density at radius 1 is 1.26 bits per heavy atom. The molecule has 8 heteroatoms. The molecule has 2 N–H and O–H groups in total. The fraction of sp³-hybridized carbons (Fsp3) is 0.769. The van der Waals surface area contributed by atoms with E-state index in [1.54, 1.807) is 18.0 Å². The molecule has 8 nitrogen and oxygen atoms in total. The molecule has 1 saturated carbocycles. The Bertz CT molecular complexity index is 877. The molecule has 0 aromatic rings. The number of aliphatic imine (C=N–C) groups is 1. The summed E-state index contributed by atoms with van der Waals surface area (Å²) in [6.45, 7) is 12.4. The molecular weight excluding hydrogens is 432 g/mol. The third-order valence-electron chi connectivity index (χ3n) is 8.52. The predicted octanol–water partition coefficient (Wildman–Crippen LogP) is 2.87. The molecule has 3 aliphatic rings. The molecule has 2 aliphatic heterocycles. The third-order valence-corrected chi connectivity index (χ3v) is 8.52. The van der Waals surface area contributed by atoms with Gasteiger partial charge in [-0.1, -0.05) is 26.8 Å². The highest BCUT2D eigenvalue weighted by atomic mass is 16.4. The SMILES string of the molecule is CC(C)N(C)[C@@H]1CC[C@H](N2CC[C@H](NC(=O)C3(C(C)(C)C)CC=CC=N3)C2=O)[C@](C)(C(=O)O)C1. The summed E-state index contributed by atoms with van der Waals surface area (Å²) >= 11 is 0. The number of carboxylic acid groups (broad SMARTS) is 1. The van der Waals surface area contributed by atoms with Gasteiger partial charge in [-0.3, -0.25) is 19.4 Å². The zero-order chi connectivity index (χ0) is 25.5. The van der Waals surface area contributed by atoms with Crippen LogP contribution in [-0.4, -0.2) is 82.2 Å². The zero-order valence-corrected chi connectivity index (χ0v) is 21.8. The first-order chi connectivity index (χ1) is 15.7. The van der Waals surface area contributed by atoms with Crippen molar-refractivity contribution < 1.29 is 19.5 Å². The fourth-order valence-corrected chi connectivity index (χ4v) is 5.83. The zero-order valence-electron chi connectivity index (χ0n) is 21.8. The first-order valence-electron chi connectivity index (χ1n) is 12.5. The van der Waals surface area contributed by atoms with Gasteiger partial charge >= 0.3 is 5.97 Å². The van der Waals surface area contributed by atoms with Crippen LogP contribution in [0.2, 0.25) is 0 Å². The van der Waals surface area contributed by atoms with Gasteiger partial charge in [0.25, 0.3) is 0 Å². The van der Waals surface area contributed by atoms with Crippen LogP contribution in [0.1, 0.15) is 73.6 Å². The number of dihydropyridines is 1. The lowest BCUT2D eigenvalue weighted by Gasteiger charge is -2.48. The van der Waals surface area contributed by atoms with Gasteiger partial charge in [-0.2, -0.15) is 0 Å². The van der Waals surface area contributed by atoms with Gasteiger partial charge in [0, 0.05) is 37.3 Å². The van der Waals surface area contributed by atoms with E-state index in [1.807, 2.05) is 40.0 Å². The first kappa shape index (κ1) is 26.4. The molecular formula is C26H42N4O4. The smallest absolute Gasteiger partial charge is 0.311 e. The van der Waals surface area contributed by atoms with Crippen LogP contribution < -0.4 is 5.32 Å². The molecule has 0 spiro atoms. The quantitative estimate of drug-likeness (QED) is 0.616. The number of hydrogen-bond donors (Lipinski definition) is 2. The highest BCUT2D eigenvalue weighted by Crippen LogP contribution is 2.43. The Kier molecular flexibility index (Phi) is 7.32. The summed E-state index contributed by atoms with van der Waals surface area (Å²) in [5.41, 5.74) is -2.43. The second-order valence-corrected chi connectivity index (χ2v) is 11.8. The third kappa shape index (κ3) is 4.53. The summed E-state index contributed by atoms with van der Waals surface area (Å²) in [6, 6.07) is -0.556. The summed E-state index contributed by atoms with van der Waals surface area (Å²) in [6.07, 6.45) is 8.36. The molecule has 0 aromatic heterocycles. The van der Waals surface area contributed by atoms with Crippen LogP contribution in [0.25, 0.3) is 0 Å². The summed E-state index contributed by atoms with van der Waals surface area (Å²) < 4.78 is 0. The number of rotatable bonds is 6. The van der Waals surface area contributed by atoms with Gasteiger partial charge in [0.05, 0.1) is 5.41 Å². The predicted molar refractivity (Wildman–Crippen MR) is 133 cm³/mol. The number of nitrogens with one attached hydrogen (secondary N) is 1. The van der Waals surface area contributed by atoms with Crippen molar-refractivity contribution in [1.29, 1.82) is 0 Å². The first-order valence-corrected chi connectivity index (χ1v) is 12.5. The Hall–Kier alpha value is -2.22. The van der Waals surface area contributed by atoms with Crippen LogP contribution in [-0.2, 0) is 14.4 Å².